The molecule has 0 spiro atoms. The van der Waals surface area contributed by atoms with E-state index in [-0.39, 0.29) is 41.1 Å². The number of fused-ring (bicyclic) bond motifs is 1. The van der Waals surface area contributed by atoms with Crippen LogP contribution in [0, 0.1) is 0 Å². The van der Waals surface area contributed by atoms with Crippen LogP contribution in [0.5, 0.6) is 11.5 Å². The average molecular weight is 1230 g/mol. The van der Waals surface area contributed by atoms with Gasteiger partial charge in [-0.2, -0.15) is 4.99 Å². The number of hydrogen-bond donors (Lipinski definition) is 3. The third kappa shape index (κ3) is 17.2. The minimum absolute atomic E-state index is 0.0623. The van der Waals surface area contributed by atoms with Crippen molar-refractivity contribution in [1.29, 1.82) is 0 Å². The molecule has 19 nitrogen and oxygen atoms in total. The zero-order chi connectivity index (χ0) is 64.7. The van der Waals surface area contributed by atoms with Gasteiger partial charge in [-0.25, -0.2) is 33.7 Å². The number of H-pyrrole nitrogens is 1. The largest absolute Gasteiger partial charge is 0.488 e. The number of anilines is 1. The third-order valence-corrected chi connectivity index (χ3v) is 15.0. The molecule has 0 aliphatic carbocycles. The van der Waals surface area contributed by atoms with Crippen molar-refractivity contribution in [2.24, 2.45) is 10.7 Å². The highest BCUT2D eigenvalue weighted by Gasteiger charge is 2.34. The number of pyridine rings is 2. The lowest BCUT2D eigenvalue weighted by atomic mass is 9.86. The Balaban J connectivity index is 0.000000192. The van der Waals surface area contributed by atoms with Crippen LogP contribution >= 0.6 is 0 Å². The van der Waals surface area contributed by atoms with Crippen LogP contribution in [-0.4, -0.2) is 90.9 Å². The Labute approximate surface area is 528 Å². The van der Waals surface area contributed by atoms with E-state index < -0.39 is 28.4 Å². The number of nitrogens with two attached hydrogens (primary N) is 2. The zero-order valence-corrected chi connectivity index (χ0v) is 52.0. The van der Waals surface area contributed by atoms with E-state index in [9.17, 15) is 28.8 Å². The molecule has 3 aromatic heterocycles. The molecule has 2 aliphatic rings. The number of para-hydroxylation sites is 4. The summed E-state index contributed by atoms with van der Waals surface area (Å²) in [6, 6.07) is 56.5. The highest BCUT2D eigenvalue weighted by molar-refractivity contribution is 5.99. The molecule has 11 rings (SSSR count). The highest BCUT2D eigenvalue weighted by Crippen LogP contribution is 2.39. The number of isocyanates is 1. The van der Waals surface area contributed by atoms with Crippen LogP contribution < -0.4 is 32.2 Å². The van der Waals surface area contributed by atoms with E-state index in [1.807, 2.05) is 187 Å². The Hall–Kier alpha value is -10.7. The van der Waals surface area contributed by atoms with Gasteiger partial charge in [0.05, 0.1) is 33.7 Å². The first-order valence-electron chi connectivity index (χ1n) is 30.2. The number of aromatic nitrogens is 4. The molecule has 0 bridgehead atoms. The van der Waals surface area contributed by atoms with Crippen molar-refractivity contribution in [3.05, 3.63) is 231 Å². The lowest BCUT2D eigenvalue weighted by Crippen LogP contribution is -2.42. The van der Waals surface area contributed by atoms with Gasteiger partial charge in [-0.3, -0.25) is 14.6 Å². The minimum atomic E-state index is -0.644. The summed E-state index contributed by atoms with van der Waals surface area (Å²) in [7, 11) is 0. The van der Waals surface area contributed by atoms with E-state index >= 15 is 0 Å². The number of amides is 3. The number of piperidine rings is 2. The number of ether oxygens (including phenoxy) is 4. The van der Waals surface area contributed by atoms with Crippen molar-refractivity contribution in [3.8, 4) is 39.7 Å². The second-order valence-corrected chi connectivity index (χ2v) is 24.1. The SMILES string of the molecule is CC(C)(C)OC(=O)N1CCCC(c2cc(-c3ccccc3OCc3ccccc3)nc(N)c2C(N)=O)C1.CC(C)(C)OC(=O)N1CCCC(c2cc(-c3ccccc3OCc3ccccc3)nc3[nH]c(=O)n(-c4ccccc4)c(=O)c23)C1.O=C=Nc1ccccc1. The molecule has 6 aromatic carbocycles. The molecule has 91 heavy (non-hydrogen) atoms. The molecule has 0 saturated carbocycles. The number of rotatable bonds is 13. The number of hydrogen-bond acceptors (Lipinski definition) is 14. The van der Waals surface area contributed by atoms with Gasteiger partial charge in [-0.05, 0) is 150 Å². The highest BCUT2D eigenvalue weighted by atomic mass is 16.6. The molecule has 468 valence electrons. The number of aliphatic imine (C=N–C) groups is 1. The van der Waals surface area contributed by atoms with Gasteiger partial charge in [-0.1, -0.05) is 121 Å². The molecule has 3 amide bonds. The van der Waals surface area contributed by atoms with Crippen molar-refractivity contribution in [2.75, 3.05) is 31.9 Å². The van der Waals surface area contributed by atoms with Gasteiger partial charge in [0.25, 0.3) is 11.5 Å². The second kappa shape index (κ2) is 29.6. The lowest BCUT2D eigenvalue weighted by molar-refractivity contribution is 0.0188. The molecule has 5 heterocycles. The zero-order valence-electron chi connectivity index (χ0n) is 52.0. The molecule has 2 unspecified atom stereocenters. The first-order chi connectivity index (χ1) is 43.7. The molecule has 0 radical (unpaired) electrons. The standard InChI is InChI=1S/C36H36N4O5.C29H34N4O4.C7H5NO/c1-36(2,3)45-35(43)39-20-12-15-25(22-39)28-21-29(27-18-10-11-19-30(27)44-23-24-13-6-4-7-14-24)37-32-31(28)33(41)40(34(42)38-32)26-16-8-5-9-17-26;1-29(2,3)37-28(35)33-15-9-12-20(17-33)22-16-23(32-26(30)25(22)27(31)34)21-13-7-8-14-24(21)36-18-19-10-5-4-6-11-19;9-6-8-7-4-2-1-3-5-7/h4-11,13-14,16-19,21,25H,12,15,20,22-23H2,1-3H3,(H,37,38,42);4-8,10-11,13-14,16,20H,9,12,15,17-18H2,1-3H3,(H2,30,32)(H2,31,34);1-5H. The van der Waals surface area contributed by atoms with Gasteiger partial charge in [-0.15, -0.1) is 0 Å². The van der Waals surface area contributed by atoms with Gasteiger partial charge in [0, 0.05) is 49.1 Å². The quantitative estimate of drug-likeness (QED) is 0.0718. The fourth-order valence-corrected chi connectivity index (χ4v) is 10.9. The molecular weight excluding hydrogens is 1150 g/mol. The molecule has 9 aromatic rings. The number of nitrogens with zero attached hydrogens (tertiary/aromatic N) is 6. The van der Waals surface area contributed by atoms with Crippen LogP contribution in [0.2, 0.25) is 0 Å². The Morgan fingerprint density at radius 3 is 1.53 bits per heavy atom. The maximum Gasteiger partial charge on any atom is 0.410 e. The summed E-state index contributed by atoms with van der Waals surface area (Å²) in [4.78, 5) is 94.5. The van der Waals surface area contributed by atoms with Crippen molar-refractivity contribution >= 4 is 46.7 Å². The summed E-state index contributed by atoms with van der Waals surface area (Å²) in [5, 5.41) is 0.320. The Kier molecular flexibility index (Phi) is 21.1. The maximum atomic E-state index is 14.2. The Morgan fingerprint density at radius 1 is 0.604 bits per heavy atom. The average Bonchev–Trinajstić information content (AvgIpc) is 0.839. The number of likely N-dealkylation sites (tertiary alicyclic amines) is 2. The van der Waals surface area contributed by atoms with Crippen molar-refractivity contribution in [3.63, 3.8) is 0 Å². The Morgan fingerprint density at radius 2 is 1.04 bits per heavy atom. The number of primary amides is 1. The van der Waals surface area contributed by atoms with Crippen molar-refractivity contribution < 1.29 is 38.1 Å². The van der Waals surface area contributed by atoms with Crippen molar-refractivity contribution in [1.82, 2.24) is 29.3 Å². The maximum absolute atomic E-state index is 14.2. The summed E-state index contributed by atoms with van der Waals surface area (Å²) in [5.41, 5.74) is 17.3. The summed E-state index contributed by atoms with van der Waals surface area (Å²) in [6.07, 6.45) is 3.70. The van der Waals surface area contributed by atoms with Gasteiger partial charge < -0.3 is 40.2 Å². The molecule has 2 aliphatic heterocycles. The summed E-state index contributed by atoms with van der Waals surface area (Å²) in [6.45, 7) is 13.7. The van der Waals surface area contributed by atoms with Crippen LogP contribution in [0.15, 0.2) is 197 Å². The van der Waals surface area contributed by atoms with E-state index in [2.05, 4.69) is 15.0 Å². The van der Waals surface area contributed by atoms with Crippen LogP contribution in [0.25, 0.3) is 39.2 Å². The number of nitrogen functional groups attached to an aromatic ring is 1. The molecule has 5 N–H and O–H groups in total. The van der Waals surface area contributed by atoms with Crippen LogP contribution in [0.1, 0.15) is 112 Å². The predicted molar refractivity (Wildman–Crippen MR) is 351 cm³/mol. The van der Waals surface area contributed by atoms with Gasteiger partial charge >= 0.3 is 17.9 Å². The van der Waals surface area contributed by atoms with E-state index in [0.29, 0.717) is 90.2 Å². The molecular formula is C72H75N9O10. The molecule has 2 saturated heterocycles. The fraction of sp³-hybridized carbons (Fsp3) is 0.278. The van der Waals surface area contributed by atoms with E-state index in [0.717, 1.165) is 52.5 Å². The van der Waals surface area contributed by atoms with Crippen LogP contribution in [0.3, 0.4) is 0 Å². The van der Waals surface area contributed by atoms with Crippen molar-refractivity contribution in [2.45, 2.75) is 103 Å². The van der Waals surface area contributed by atoms with Gasteiger partial charge in [0.1, 0.15) is 47.4 Å². The van der Waals surface area contributed by atoms with Gasteiger partial charge in [0.2, 0.25) is 6.08 Å². The third-order valence-electron chi connectivity index (χ3n) is 15.0. The van der Waals surface area contributed by atoms with Crippen LogP contribution in [-0.2, 0) is 27.5 Å². The number of nitrogens with one attached hydrogen (secondary N) is 1. The number of carbonyl (C=O) groups is 3. The summed E-state index contributed by atoms with van der Waals surface area (Å²) in [5.74, 6) is 0.343. The monoisotopic (exact) mass is 1230 g/mol. The number of carbonyl (C=O) groups excluding carboxylic acids is 4. The summed E-state index contributed by atoms with van der Waals surface area (Å²) < 4.78 is 24.8. The number of benzene rings is 6. The summed E-state index contributed by atoms with van der Waals surface area (Å²) >= 11 is 0. The number of aromatic amines is 1. The molecule has 19 heteroatoms. The lowest BCUT2D eigenvalue weighted by Gasteiger charge is -2.35. The minimum Gasteiger partial charge on any atom is -0.488 e. The van der Waals surface area contributed by atoms with E-state index in [1.165, 1.54) is 6.08 Å². The normalized spacial score (nSPS) is 14.7. The topological polar surface area (TPSA) is 257 Å². The van der Waals surface area contributed by atoms with E-state index in [1.54, 1.807) is 46.2 Å². The fourth-order valence-electron chi connectivity index (χ4n) is 10.9. The van der Waals surface area contributed by atoms with Gasteiger partial charge in [0.15, 0.2) is 0 Å². The Bertz CT molecular complexity index is 4160. The first-order valence-corrected chi connectivity index (χ1v) is 30.2. The van der Waals surface area contributed by atoms with Crippen LogP contribution in [0.4, 0.5) is 21.1 Å². The molecule has 2 atom stereocenters. The molecule has 2 fully saturated rings. The first kappa shape index (κ1) is 64.8. The smallest absolute Gasteiger partial charge is 0.410 e. The van der Waals surface area contributed by atoms with E-state index in [4.69, 9.17) is 35.4 Å². The predicted octanol–water partition coefficient (Wildman–Crippen LogP) is 13.2. The second-order valence-electron chi connectivity index (χ2n) is 24.1.